The summed E-state index contributed by atoms with van der Waals surface area (Å²) in [6, 6.07) is 19.1. The van der Waals surface area contributed by atoms with Crippen LogP contribution >= 0.6 is 0 Å². The summed E-state index contributed by atoms with van der Waals surface area (Å²) in [6.45, 7) is 8.20. The van der Waals surface area contributed by atoms with Crippen molar-refractivity contribution in [1.82, 2.24) is 0 Å². The summed E-state index contributed by atoms with van der Waals surface area (Å²) in [5.74, 6) is 0. The molecule has 0 aliphatic carbocycles. The van der Waals surface area contributed by atoms with Gasteiger partial charge in [-0.25, -0.2) is 0 Å². The molecule has 0 N–H and O–H groups in total. The summed E-state index contributed by atoms with van der Waals surface area (Å²) in [4.78, 5) is 0. The summed E-state index contributed by atoms with van der Waals surface area (Å²) >= 11 is 0. The first-order valence-corrected chi connectivity index (χ1v) is 8.42. The number of allylic oxidation sites excluding steroid dienone is 1. The summed E-state index contributed by atoms with van der Waals surface area (Å²) in [5.41, 5.74) is 2.66. The lowest BCUT2D eigenvalue weighted by atomic mass is 10.2. The average molecular weight is 252 g/mol. The molecular weight excluding hydrogens is 232 g/mol. The summed E-state index contributed by atoms with van der Waals surface area (Å²) < 4.78 is 0. The highest BCUT2D eigenvalue weighted by Gasteiger charge is 2.14. The zero-order valence-corrected chi connectivity index (χ0v) is 12.3. The lowest BCUT2D eigenvalue weighted by molar-refractivity contribution is 1.47. The van der Waals surface area contributed by atoms with Gasteiger partial charge in [0.05, 0.1) is 0 Å². The van der Waals surface area contributed by atoms with Crippen LogP contribution in [0.3, 0.4) is 0 Å². The monoisotopic (exact) mass is 252 g/mol. The number of aryl methyl sites for hydroxylation is 2. The van der Waals surface area contributed by atoms with E-state index in [4.69, 9.17) is 0 Å². The summed E-state index contributed by atoms with van der Waals surface area (Å²) in [7, 11) is -1.11. The molecule has 0 aromatic heterocycles. The molecule has 0 aliphatic rings. The fraction of sp³-hybridized carbons (Fsp3) is 0.176. The quantitative estimate of drug-likeness (QED) is 0.580. The number of rotatable bonds is 4. The zero-order chi connectivity index (χ0) is 13.0. The van der Waals surface area contributed by atoms with Gasteiger partial charge in [-0.05, 0) is 19.9 Å². The predicted molar refractivity (Wildman–Crippen MR) is 83.8 cm³/mol. The summed E-state index contributed by atoms with van der Waals surface area (Å²) in [5, 5.41) is 3.01. The number of hydrogen-bond donors (Lipinski definition) is 0. The normalized spacial score (nSPS) is 10.6. The van der Waals surface area contributed by atoms with Gasteiger partial charge in [0.1, 0.15) is 8.80 Å². The van der Waals surface area contributed by atoms with Gasteiger partial charge in [0.2, 0.25) is 0 Å². The second kappa shape index (κ2) is 5.83. The Hall–Kier alpha value is -1.60. The molecule has 18 heavy (non-hydrogen) atoms. The van der Waals surface area contributed by atoms with Crippen LogP contribution in [0.5, 0.6) is 0 Å². The molecule has 0 aliphatic heterocycles. The van der Waals surface area contributed by atoms with Crippen LogP contribution in [-0.4, -0.2) is 8.80 Å². The van der Waals surface area contributed by atoms with Crippen molar-refractivity contribution < 1.29 is 0 Å². The van der Waals surface area contributed by atoms with Gasteiger partial charge in [-0.1, -0.05) is 76.1 Å². The minimum atomic E-state index is -1.11. The molecule has 0 saturated heterocycles. The Morgan fingerprint density at radius 3 is 1.56 bits per heavy atom. The van der Waals surface area contributed by atoms with Crippen LogP contribution in [0, 0.1) is 13.8 Å². The summed E-state index contributed by atoms with van der Waals surface area (Å²) in [6.07, 6.45) is 2.07. The van der Waals surface area contributed by atoms with E-state index in [0.717, 1.165) is 6.04 Å². The standard InChI is InChI=1S/C17H20Si/c1-4-13-18(16-9-5-14(2)6-10-16)17-11-7-15(3)8-12-17/h4-12,18H,1,13H2,2-3H3. The van der Waals surface area contributed by atoms with Crippen LogP contribution in [-0.2, 0) is 0 Å². The topological polar surface area (TPSA) is 0 Å². The Morgan fingerprint density at radius 1 is 0.833 bits per heavy atom. The molecule has 0 radical (unpaired) electrons. The van der Waals surface area contributed by atoms with Crippen LogP contribution in [0.2, 0.25) is 6.04 Å². The van der Waals surface area contributed by atoms with Crippen LogP contribution in [0.25, 0.3) is 0 Å². The Morgan fingerprint density at radius 2 is 1.22 bits per heavy atom. The van der Waals surface area contributed by atoms with Crippen LogP contribution in [0.4, 0.5) is 0 Å². The van der Waals surface area contributed by atoms with E-state index in [9.17, 15) is 0 Å². The van der Waals surface area contributed by atoms with Crippen molar-refractivity contribution in [2.24, 2.45) is 0 Å². The predicted octanol–water partition coefficient (Wildman–Crippen LogP) is 2.83. The van der Waals surface area contributed by atoms with Crippen molar-refractivity contribution in [2.75, 3.05) is 0 Å². The number of benzene rings is 2. The molecule has 0 spiro atoms. The van der Waals surface area contributed by atoms with E-state index in [1.54, 1.807) is 0 Å². The molecule has 1 heteroatoms. The van der Waals surface area contributed by atoms with E-state index in [0.29, 0.717) is 0 Å². The van der Waals surface area contributed by atoms with E-state index in [1.165, 1.54) is 21.5 Å². The van der Waals surface area contributed by atoms with Gasteiger partial charge >= 0.3 is 0 Å². The molecule has 0 heterocycles. The van der Waals surface area contributed by atoms with Gasteiger partial charge in [0.25, 0.3) is 0 Å². The van der Waals surface area contributed by atoms with Crippen LogP contribution in [0.1, 0.15) is 11.1 Å². The Bertz CT molecular complexity index is 463. The Kier molecular flexibility index (Phi) is 4.16. The van der Waals surface area contributed by atoms with Crippen LogP contribution in [0.15, 0.2) is 61.2 Å². The molecule has 2 aromatic rings. The van der Waals surface area contributed by atoms with Crippen molar-refractivity contribution in [3.63, 3.8) is 0 Å². The molecule has 0 fully saturated rings. The van der Waals surface area contributed by atoms with Crippen molar-refractivity contribution >= 4 is 19.2 Å². The molecule has 0 nitrogen and oxygen atoms in total. The van der Waals surface area contributed by atoms with Gasteiger partial charge in [0.15, 0.2) is 0 Å². The maximum atomic E-state index is 3.92. The fourth-order valence-electron chi connectivity index (χ4n) is 2.23. The fourth-order valence-corrected chi connectivity index (χ4v) is 4.81. The first-order valence-electron chi connectivity index (χ1n) is 6.44. The average Bonchev–Trinajstić information content (AvgIpc) is 2.39. The SMILES string of the molecule is C=CC[SiH](c1ccc(C)cc1)c1ccc(C)cc1. The van der Waals surface area contributed by atoms with Gasteiger partial charge in [-0.3, -0.25) is 0 Å². The molecule has 0 unspecified atom stereocenters. The van der Waals surface area contributed by atoms with E-state index in [2.05, 4.69) is 75.0 Å². The maximum absolute atomic E-state index is 3.92. The van der Waals surface area contributed by atoms with E-state index in [-0.39, 0.29) is 0 Å². The minimum absolute atomic E-state index is 1.11. The molecule has 0 atom stereocenters. The van der Waals surface area contributed by atoms with Gasteiger partial charge in [-0.15, -0.1) is 6.58 Å². The molecule has 0 saturated carbocycles. The second-order valence-electron chi connectivity index (χ2n) is 4.90. The first-order chi connectivity index (χ1) is 8.70. The molecule has 92 valence electrons. The minimum Gasteiger partial charge on any atom is -0.103 e. The first kappa shape index (κ1) is 12.8. The molecule has 0 amide bonds. The zero-order valence-electron chi connectivity index (χ0n) is 11.2. The highest BCUT2D eigenvalue weighted by Crippen LogP contribution is 2.02. The largest absolute Gasteiger partial charge is 0.106 e. The van der Waals surface area contributed by atoms with E-state index >= 15 is 0 Å². The smallest absolute Gasteiger partial charge is 0.103 e. The van der Waals surface area contributed by atoms with E-state index in [1.807, 2.05) is 0 Å². The van der Waals surface area contributed by atoms with E-state index < -0.39 is 8.80 Å². The third kappa shape index (κ3) is 2.99. The van der Waals surface area contributed by atoms with Crippen molar-refractivity contribution in [1.29, 1.82) is 0 Å². The molecular formula is C17H20Si. The highest BCUT2D eigenvalue weighted by atomic mass is 28.3. The molecule has 2 aromatic carbocycles. The molecule has 2 rings (SSSR count). The highest BCUT2D eigenvalue weighted by molar-refractivity contribution is 6.85. The Balaban J connectivity index is 2.35. The van der Waals surface area contributed by atoms with Crippen molar-refractivity contribution in [2.45, 2.75) is 19.9 Å². The Labute approximate surface area is 112 Å². The van der Waals surface area contributed by atoms with Gasteiger partial charge in [-0.2, -0.15) is 0 Å². The lowest BCUT2D eigenvalue weighted by Gasteiger charge is -2.15. The third-order valence-electron chi connectivity index (χ3n) is 3.36. The van der Waals surface area contributed by atoms with Crippen molar-refractivity contribution in [3.05, 3.63) is 72.3 Å². The second-order valence-corrected chi connectivity index (χ2v) is 7.81. The van der Waals surface area contributed by atoms with Crippen molar-refractivity contribution in [3.8, 4) is 0 Å². The number of hydrogen-bond acceptors (Lipinski definition) is 0. The lowest BCUT2D eigenvalue weighted by Crippen LogP contribution is -2.41. The third-order valence-corrected chi connectivity index (χ3v) is 6.55. The molecule has 0 bridgehead atoms. The van der Waals surface area contributed by atoms with Gasteiger partial charge < -0.3 is 0 Å². The van der Waals surface area contributed by atoms with Gasteiger partial charge in [0, 0.05) is 0 Å². The maximum Gasteiger partial charge on any atom is 0.106 e. The van der Waals surface area contributed by atoms with Crippen LogP contribution < -0.4 is 10.4 Å².